The van der Waals surface area contributed by atoms with E-state index >= 15 is 0 Å². The molecule has 15 heavy (non-hydrogen) atoms. The first-order valence-electron chi connectivity index (χ1n) is 5.29. The van der Waals surface area contributed by atoms with Crippen molar-refractivity contribution >= 4 is 0 Å². The number of hydrogen-bond acceptors (Lipinski definition) is 3. The fourth-order valence-electron chi connectivity index (χ4n) is 1.40. The molecule has 0 radical (unpaired) electrons. The summed E-state index contributed by atoms with van der Waals surface area (Å²) in [6.45, 7) is 4.64. The Bertz CT molecular complexity index is 346. The quantitative estimate of drug-likeness (QED) is 0.793. The van der Waals surface area contributed by atoms with Gasteiger partial charge in [0.05, 0.1) is 6.07 Å². The van der Waals surface area contributed by atoms with Crippen molar-refractivity contribution in [3.8, 4) is 6.07 Å². The Hall–Kier alpha value is -1.34. The molecule has 0 aliphatic carbocycles. The van der Waals surface area contributed by atoms with Crippen molar-refractivity contribution in [3.05, 3.63) is 18.2 Å². The third-order valence-corrected chi connectivity index (χ3v) is 2.40. The van der Waals surface area contributed by atoms with E-state index in [1.54, 1.807) is 13.1 Å². The molecule has 1 unspecified atom stereocenters. The highest BCUT2D eigenvalue weighted by molar-refractivity contribution is 5.01. The normalized spacial score (nSPS) is 14.5. The first-order chi connectivity index (χ1) is 7.09. The molecule has 0 aliphatic heterocycles. The van der Waals surface area contributed by atoms with Gasteiger partial charge in [-0.1, -0.05) is 6.92 Å². The molecule has 4 nitrogen and oxygen atoms in total. The van der Waals surface area contributed by atoms with Gasteiger partial charge >= 0.3 is 0 Å². The lowest BCUT2D eigenvalue weighted by Gasteiger charge is -2.16. The van der Waals surface area contributed by atoms with Crippen molar-refractivity contribution in [2.24, 2.45) is 5.73 Å². The van der Waals surface area contributed by atoms with E-state index < -0.39 is 5.54 Å². The van der Waals surface area contributed by atoms with Crippen LogP contribution >= 0.6 is 0 Å². The summed E-state index contributed by atoms with van der Waals surface area (Å²) in [4.78, 5) is 4.27. The topological polar surface area (TPSA) is 67.6 Å². The van der Waals surface area contributed by atoms with Crippen LogP contribution in [0.15, 0.2) is 12.4 Å². The minimum absolute atomic E-state index is 0.649. The van der Waals surface area contributed by atoms with Gasteiger partial charge in [0.2, 0.25) is 0 Å². The largest absolute Gasteiger partial charge is 0.335 e. The molecule has 1 aromatic rings. The standard InChI is InChI=1S/C11H18N4/c1-3-4-10-14-6-8-15(10)7-5-11(2,13)9-12/h6,8H,3-5,7,13H2,1-2H3. The minimum Gasteiger partial charge on any atom is -0.335 e. The van der Waals surface area contributed by atoms with Crippen LogP contribution in [0.4, 0.5) is 0 Å². The number of aromatic nitrogens is 2. The maximum Gasteiger partial charge on any atom is 0.108 e. The zero-order valence-corrected chi connectivity index (χ0v) is 9.40. The van der Waals surface area contributed by atoms with Gasteiger partial charge in [0.1, 0.15) is 11.4 Å². The molecule has 1 rings (SSSR count). The molecule has 0 aliphatic rings. The predicted octanol–water partition coefficient (Wildman–Crippen LogP) is 1.47. The summed E-state index contributed by atoms with van der Waals surface area (Å²) in [6.07, 6.45) is 6.44. The Kier molecular flexibility index (Phi) is 3.87. The molecule has 0 bridgehead atoms. The van der Waals surface area contributed by atoms with Crippen molar-refractivity contribution in [2.45, 2.75) is 45.2 Å². The van der Waals surface area contributed by atoms with E-state index in [1.165, 1.54) is 0 Å². The van der Waals surface area contributed by atoms with Crippen molar-refractivity contribution in [2.75, 3.05) is 0 Å². The summed E-state index contributed by atoms with van der Waals surface area (Å²) in [5.41, 5.74) is 5.02. The zero-order valence-electron chi connectivity index (χ0n) is 9.40. The number of nitriles is 1. The molecule has 0 saturated carbocycles. The van der Waals surface area contributed by atoms with Crippen LogP contribution in [0.25, 0.3) is 0 Å². The van der Waals surface area contributed by atoms with Crippen molar-refractivity contribution in [1.29, 1.82) is 5.26 Å². The second-order valence-corrected chi connectivity index (χ2v) is 4.07. The van der Waals surface area contributed by atoms with Crippen LogP contribution in [0.5, 0.6) is 0 Å². The van der Waals surface area contributed by atoms with Crippen LogP contribution in [0, 0.1) is 11.3 Å². The highest BCUT2D eigenvalue weighted by atomic mass is 15.1. The SMILES string of the molecule is CCCc1nccn1CCC(C)(N)C#N. The highest BCUT2D eigenvalue weighted by Crippen LogP contribution is 2.08. The zero-order chi connectivity index (χ0) is 11.3. The third kappa shape index (κ3) is 3.37. The lowest BCUT2D eigenvalue weighted by Crippen LogP contribution is -2.35. The molecule has 4 heteroatoms. The van der Waals surface area contributed by atoms with Crippen molar-refractivity contribution in [3.63, 3.8) is 0 Å². The lowest BCUT2D eigenvalue weighted by atomic mass is 10.0. The molecule has 0 fully saturated rings. The van der Waals surface area contributed by atoms with E-state index in [4.69, 9.17) is 11.0 Å². The second-order valence-electron chi connectivity index (χ2n) is 4.07. The molecular weight excluding hydrogens is 188 g/mol. The number of nitrogens with zero attached hydrogens (tertiary/aromatic N) is 3. The summed E-state index contributed by atoms with van der Waals surface area (Å²) in [6, 6.07) is 2.10. The molecule has 0 saturated heterocycles. The van der Waals surface area contributed by atoms with Gasteiger partial charge in [0.15, 0.2) is 0 Å². The van der Waals surface area contributed by atoms with Crippen LogP contribution < -0.4 is 5.73 Å². The Morgan fingerprint density at radius 3 is 3.00 bits per heavy atom. The Labute approximate surface area is 90.7 Å². The van der Waals surface area contributed by atoms with Gasteiger partial charge in [-0.2, -0.15) is 5.26 Å². The molecule has 2 N–H and O–H groups in total. The number of nitrogens with two attached hydrogens (primary N) is 1. The molecule has 1 aromatic heterocycles. The number of aryl methyl sites for hydroxylation is 2. The molecule has 0 amide bonds. The monoisotopic (exact) mass is 206 g/mol. The van der Waals surface area contributed by atoms with Crippen LogP contribution in [-0.4, -0.2) is 15.1 Å². The third-order valence-electron chi connectivity index (χ3n) is 2.40. The average molecular weight is 206 g/mol. The van der Waals surface area contributed by atoms with E-state index in [0.29, 0.717) is 6.42 Å². The van der Waals surface area contributed by atoms with Gasteiger partial charge < -0.3 is 10.3 Å². The summed E-state index contributed by atoms with van der Waals surface area (Å²) in [5, 5.41) is 8.80. The number of hydrogen-bond donors (Lipinski definition) is 1. The second kappa shape index (κ2) is 4.94. The minimum atomic E-state index is -0.742. The summed E-state index contributed by atoms with van der Waals surface area (Å²) >= 11 is 0. The van der Waals surface area contributed by atoms with Gasteiger partial charge in [-0.15, -0.1) is 0 Å². The fourth-order valence-corrected chi connectivity index (χ4v) is 1.40. The van der Waals surface area contributed by atoms with Gasteiger partial charge in [0, 0.05) is 25.4 Å². The highest BCUT2D eigenvalue weighted by Gasteiger charge is 2.17. The first-order valence-corrected chi connectivity index (χ1v) is 5.29. The maximum atomic E-state index is 8.80. The molecule has 0 aromatic carbocycles. The van der Waals surface area contributed by atoms with Gasteiger partial charge in [0.25, 0.3) is 0 Å². The van der Waals surface area contributed by atoms with Gasteiger partial charge in [-0.3, -0.25) is 0 Å². The van der Waals surface area contributed by atoms with E-state index in [0.717, 1.165) is 25.2 Å². The number of rotatable bonds is 5. The Morgan fingerprint density at radius 1 is 1.67 bits per heavy atom. The number of imidazole rings is 1. The Morgan fingerprint density at radius 2 is 2.40 bits per heavy atom. The van der Waals surface area contributed by atoms with E-state index in [2.05, 4.69) is 22.5 Å². The molecule has 1 atom stereocenters. The Balaban J connectivity index is 2.58. The van der Waals surface area contributed by atoms with Crippen LogP contribution in [-0.2, 0) is 13.0 Å². The van der Waals surface area contributed by atoms with E-state index in [9.17, 15) is 0 Å². The van der Waals surface area contributed by atoms with E-state index in [1.807, 2.05) is 6.20 Å². The first kappa shape index (κ1) is 11.7. The average Bonchev–Trinajstić information content (AvgIpc) is 2.64. The maximum absolute atomic E-state index is 8.80. The van der Waals surface area contributed by atoms with Crippen molar-refractivity contribution in [1.82, 2.24) is 9.55 Å². The van der Waals surface area contributed by atoms with Crippen molar-refractivity contribution < 1.29 is 0 Å². The lowest BCUT2D eigenvalue weighted by molar-refractivity contribution is 0.481. The van der Waals surface area contributed by atoms with Gasteiger partial charge in [-0.25, -0.2) is 4.98 Å². The summed E-state index contributed by atoms with van der Waals surface area (Å²) in [7, 11) is 0. The predicted molar refractivity (Wildman–Crippen MR) is 59.0 cm³/mol. The van der Waals surface area contributed by atoms with Crippen LogP contribution in [0.2, 0.25) is 0 Å². The van der Waals surface area contributed by atoms with Crippen LogP contribution in [0.1, 0.15) is 32.5 Å². The fraction of sp³-hybridized carbons (Fsp3) is 0.636. The molecule has 1 heterocycles. The smallest absolute Gasteiger partial charge is 0.108 e. The van der Waals surface area contributed by atoms with Gasteiger partial charge in [-0.05, 0) is 19.8 Å². The molecule has 0 spiro atoms. The summed E-state index contributed by atoms with van der Waals surface area (Å²) in [5.74, 6) is 1.08. The molecular formula is C11H18N4. The molecule has 82 valence electrons. The van der Waals surface area contributed by atoms with E-state index in [-0.39, 0.29) is 0 Å². The summed E-state index contributed by atoms with van der Waals surface area (Å²) < 4.78 is 2.08. The van der Waals surface area contributed by atoms with Crippen LogP contribution in [0.3, 0.4) is 0 Å².